The van der Waals surface area contributed by atoms with Crippen molar-refractivity contribution in [1.82, 2.24) is 0 Å². The van der Waals surface area contributed by atoms with Gasteiger partial charge in [-0.15, -0.1) is 0 Å². The van der Waals surface area contributed by atoms with Gasteiger partial charge in [0.1, 0.15) is 0 Å². The summed E-state index contributed by atoms with van der Waals surface area (Å²) < 4.78 is 0. The minimum Gasteiger partial charge on any atom is -0.396 e. The van der Waals surface area contributed by atoms with E-state index in [2.05, 4.69) is 60.6 Å². The van der Waals surface area contributed by atoms with Crippen LogP contribution < -0.4 is 0 Å². The number of hydrogen-bond donors (Lipinski definition) is 2. The maximum Gasteiger partial charge on any atom is 0.0594 e. The highest BCUT2D eigenvalue weighted by molar-refractivity contribution is 5.45. The van der Waals surface area contributed by atoms with Crippen molar-refractivity contribution in [3.63, 3.8) is 0 Å². The van der Waals surface area contributed by atoms with Crippen molar-refractivity contribution < 1.29 is 10.2 Å². The fraction of sp³-hybridized carbons (Fsp3) is 0.867. The average molecular weight is 441 g/mol. The zero-order valence-corrected chi connectivity index (χ0v) is 21.9. The van der Waals surface area contributed by atoms with Gasteiger partial charge in [0.05, 0.1) is 6.10 Å². The summed E-state index contributed by atoms with van der Waals surface area (Å²) in [6.07, 6.45) is 15.6. The Labute approximate surface area is 197 Å². The molecule has 0 aromatic rings. The van der Waals surface area contributed by atoms with E-state index in [9.17, 15) is 10.2 Å². The van der Waals surface area contributed by atoms with Crippen molar-refractivity contribution in [3.8, 4) is 0 Å². The molecule has 3 fully saturated rings. The van der Waals surface area contributed by atoms with E-state index in [1.165, 1.54) is 32.1 Å². The molecule has 8 atom stereocenters. The molecule has 0 heterocycles. The maximum atomic E-state index is 10.9. The summed E-state index contributed by atoms with van der Waals surface area (Å²) in [6.45, 7) is 17.6. The molecule has 2 N–H and O–H groups in total. The lowest BCUT2D eigenvalue weighted by Crippen LogP contribution is -2.63. The van der Waals surface area contributed by atoms with Gasteiger partial charge < -0.3 is 10.2 Å². The highest BCUT2D eigenvalue weighted by Gasteiger charge is 2.66. The Hall–Kier alpha value is -0.600. The van der Waals surface area contributed by atoms with Gasteiger partial charge in [0.25, 0.3) is 0 Å². The van der Waals surface area contributed by atoms with Crippen LogP contribution in [0.2, 0.25) is 0 Å². The molecule has 180 valence electrons. The second kappa shape index (κ2) is 6.75. The number of aliphatic hydroxyl groups excluding tert-OH is 2. The minimum absolute atomic E-state index is 0.000731. The maximum absolute atomic E-state index is 10.9. The van der Waals surface area contributed by atoms with E-state index in [4.69, 9.17) is 0 Å². The summed E-state index contributed by atoms with van der Waals surface area (Å²) in [5, 5.41) is 21.1. The number of hydrogen-bond acceptors (Lipinski definition) is 2. The monoisotopic (exact) mass is 440 g/mol. The molecule has 3 saturated carbocycles. The molecular formula is C30H48O2. The van der Waals surface area contributed by atoms with E-state index in [1.807, 2.05) is 0 Å². The van der Waals surface area contributed by atoms with Crippen molar-refractivity contribution in [2.24, 2.45) is 44.3 Å². The first-order valence-corrected chi connectivity index (χ1v) is 13.5. The SMILES string of the molecule is CC1(C)C(O)CC[C@]2(C)[C@H]3C=CC4=C5C[C@@](C)(CO)CC[C@]5(C)CC[C@@]4(C)[C@]3(C)CC[C@@H]12. The van der Waals surface area contributed by atoms with E-state index in [-0.39, 0.29) is 33.2 Å². The van der Waals surface area contributed by atoms with E-state index in [0.717, 1.165) is 25.7 Å². The Bertz CT molecular complexity index is 868. The van der Waals surface area contributed by atoms with Gasteiger partial charge in [-0.3, -0.25) is 0 Å². The van der Waals surface area contributed by atoms with Gasteiger partial charge in [-0.1, -0.05) is 66.2 Å². The molecule has 0 aromatic heterocycles. The number of rotatable bonds is 1. The highest BCUT2D eigenvalue weighted by atomic mass is 16.3. The zero-order valence-electron chi connectivity index (χ0n) is 21.9. The molecule has 1 unspecified atom stereocenters. The van der Waals surface area contributed by atoms with Crippen LogP contribution in [0.3, 0.4) is 0 Å². The molecule has 2 heteroatoms. The molecule has 0 spiro atoms. The molecule has 2 nitrogen and oxygen atoms in total. The third kappa shape index (κ3) is 2.72. The van der Waals surface area contributed by atoms with E-state index in [1.54, 1.807) is 11.1 Å². The molecule has 0 amide bonds. The zero-order chi connectivity index (χ0) is 23.4. The van der Waals surface area contributed by atoms with E-state index < -0.39 is 0 Å². The minimum atomic E-state index is -0.167. The predicted octanol–water partition coefficient (Wildman–Crippen LogP) is 7.06. The molecule has 5 aliphatic carbocycles. The summed E-state index contributed by atoms with van der Waals surface area (Å²) in [7, 11) is 0. The Kier molecular flexibility index (Phi) is 4.88. The van der Waals surface area contributed by atoms with Crippen molar-refractivity contribution in [2.75, 3.05) is 6.61 Å². The summed E-state index contributed by atoms with van der Waals surface area (Å²) in [5.74, 6) is 1.16. The second-order valence-corrected chi connectivity index (χ2v) is 14.7. The van der Waals surface area contributed by atoms with E-state index >= 15 is 0 Å². The van der Waals surface area contributed by atoms with Gasteiger partial charge in [-0.2, -0.15) is 0 Å². The lowest BCUT2D eigenvalue weighted by Gasteiger charge is -2.69. The van der Waals surface area contributed by atoms with Crippen molar-refractivity contribution >= 4 is 0 Å². The third-order valence-electron chi connectivity index (χ3n) is 12.7. The Balaban J connectivity index is 1.64. The molecule has 0 saturated heterocycles. The van der Waals surface area contributed by atoms with Crippen LogP contribution in [0.15, 0.2) is 23.3 Å². The van der Waals surface area contributed by atoms with Crippen molar-refractivity contribution in [2.45, 2.75) is 112 Å². The largest absolute Gasteiger partial charge is 0.396 e. The summed E-state index contributed by atoms with van der Waals surface area (Å²) in [4.78, 5) is 0. The normalized spacial score (nSPS) is 54.3. The molecule has 5 rings (SSSR count). The van der Waals surface area contributed by atoms with Crippen LogP contribution in [0.25, 0.3) is 0 Å². The van der Waals surface area contributed by atoms with Gasteiger partial charge in [0, 0.05) is 6.61 Å². The average Bonchev–Trinajstić information content (AvgIpc) is 2.73. The molecule has 0 aromatic carbocycles. The standard InChI is InChI=1S/C30H48O2/c1-25(2)22-10-13-30(7)23(28(22,5)12-11-24(25)32)9-8-20-21-18-26(3,19-31)14-15-27(21,4)16-17-29(20,30)6/h8-9,22-24,31-32H,10-19H2,1-7H3/t22-,23+,24?,26-,27+,28-,29+,30+/m0/s1. The fourth-order valence-corrected chi connectivity index (χ4v) is 9.88. The van der Waals surface area contributed by atoms with Gasteiger partial charge in [-0.25, -0.2) is 0 Å². The molecule has 32 heavy (non-hydrogen) atoms. The quantitative estimate of drug-likeness (QED) is 0.458. The first-order valence-electron chi connectivity index (χ1n) is 13.5. The number of fused-ring (bicyclic) bond motifs is 6. The van der Waals surface area contributed by atoms with Crippen LogP contribution in [-0.2, 0) is 0 Å². The van der Waals surface area contributed by atoms with Gasteiger partial charge in [0.2, 0.25) is 0 Å². The lowest BCUT2D eigenvalue weighted by molar-refractivity contribution is -0.182. The molecule has 0 aliphatic heterocycles. The molecule has 0 radical (unpaired) electrons. The smallest absolute Gasteiger partial charge is 0.0594 e. The van der Waals surface area contributed by atoms with Crippen LogP contribution in [0.1, 0.15) is 106 Å². The van der Waals surface area contributed by atoms with Crippen molar-refractivity contribution in [1.29, 1.82) is 0 Å². The summed E-state index contributed by atoms with van der Waals surface area (Å²) in [5.41, 5.74) is 4.41. The Morgan fingerprint density at radius 1 is 0.875 bits per heavy atom. The molecule has 0 bridgehead atoms. The van der Waals surface area contributed by atoms with Crippen LogP contribution in [0.4, 0.5) is 0 Å². The third-order valence-corrected chi connectivity index (χ3v) is 12.7. The topological polar surface area (TPSA) is 40.5 Å². The van der Waals surface area contributed by atoms with Gasteiger partial charge >= 0.3 is 0 Å². The van der Waals surface area contributed by atoms with Crippen LogP contribution >= 0.6 is 0 Å². The number of aliphatic hydroxyl groups is 2. The van der Waals surface area contributed by atoms with E-state index in [0.29, 0.717) is 23.9 Å². The Morgan fingerprint density at radius 3 is 2.25 bits per heavy atom. The predicted molar refractivity (Wildman–Crippen MR) is 132 cm³/mol. The number of allylic oxidation sites excluding steroid dienone is 4. The highest BCUT2D eigenvalue weighted by Crippen LogP contribution is 2.74. The summed E-state index contributed by atoms with van der Waals surface area (Å²) >= 11 is 0. The lowest BCUT2D eigenvalue weighted by atomic mass is 9.35. The summed E-state index contributed by atoms with van der Waals surface area (Å²) in [6, 6.07) is 0. The van der Waals surface area contributed by atoms with Crippen LogP contribution in [0, 0.1) is 44.3 Å². The van der Waals surface area contributed by atoms with Crippen LogP contribution in [-0.4, -0.2) is 22.9 Å². The second-order valence-electron chi connectivity index (χ2n) is 14.7. The molecule has 5 aliphatic rings. The van der Waals surface area contributed by atoms with Gasteiger partial charge in [-0.05, 0) is 108 Å². The van der Waals surface area contributed by atoms with Crippen LogP contribution in [0.5, 0.6) is 0 Å². The first-order chi connectivity index (χ1) is 14.8. The Morgan fingerprint density at radius 2 is 1.56 bits per heavy atom. The first kappa shape index (κ1) is 23.2. The van der Waals surface area contributed by atoms with Gasteiger partial charge in [0.15, 0.2) is 0 Å². The molecular weight excluding hydrogens is 392 g/mol. The van der Waals surface area contributed by atoms with Crippen molar-refractivity contribution in [3.05, 3.63) is 23.3 Å². The fourth-order valence-electron chi connectivity index (χ4n) is 9.88.